The lowest BCUT2D eigenvalue weighted by atomic mass is 10.0. The summed E-state index contributed by atoms with van der Waals surface area (Å²) in [5, 5.41) is 2.55. The molecule has 1 unspecified atom stereocenters. The quantitative estimate of drug-likeness (QED) is 0.790. The van der Waals surface area contributed by atoms with Crippen molar-refractivity contribution < 1.29 is 23.9 Å². The zero-order chi connectivity index (χ0) is 19.6. The fourth-order valence-electron chi connectivity index (χ4n) is 3.19. The van der Waals surface area contributed by atoms with E-state index in [0.717, 1.165) is 4.90 Å². The van der Waals surface area contributed by atoms with Crippen LogP contribution in [0, 0.1) is 0 Å². The number of benzene rings is 2. The maximum absolute atomic E-state index is 12.9. The number of nitrogens with one attached hydrogen (secondary N) is 1. The number of rotatable bonds is 6. The van der Waals surface area contributed by atoms with Crippen molar-refractivity contribution in [1.82, 2.24) is 10.2 Å². The molecule has 7 heteroatoms. The molecule has 2 aromatic rings. The summed E-state index contributed by atoms with van der Waals surface area (Å²) in [6, 6.07) is 11.0. The Kier molecular flexibility index (Phi) is 5.12. The molecule has 0 bridgehead atoms. The van der Waals surface area contributed by atoms with Gasteiger partial charge in [-0.1, -0.05) is 18.2 Å². The monoisotopic (exact) mass is 368 g/mol. The fraction of sp³-hybridized carbons (Fsp3) is 0.250. The van der Waals surface area contributed by atoms with Crippen LogP contribution < -0.4 is 14.8 Å². The molecule has 1 heterocycles. The molecule has 3 amide bonds. The fourth-order valence-corrected chi connectivity index (χ4v) is 3.19. The van der Waals surface area contributed by atoms with Crippen molar-refractivity contribution in [3.05, 3.63) is 59.2 Å². The van der Waals surface area contributed by atoms with Crippen LogP contribution in [-0.2, 0) is 4.79 Å². The van der Waals surface area contributed by atoms with Crippen molar-refractivity contribution in [2.45, 2.75) is 12.5 Å². The minimum atomic E-state index is -0.767. The van der Waals surface area contributed by atoms with Gasteiger partial charge in [-0.25, -0.2) is 0 Å². The molecule has 27 heavy (non-hydrogen) atoms. The zero-order valence-electron chi connectivity index (χ0n) is 15.3. The van der Waals surface area contributed by atoms with Crippen molar-refractivity contribution in [1.29, 1.82) is 0 Å². The first-order chi connectivity index (χ1) is 13.0. The molecule has 1 aliphatic heterocycles. The van der Waals surface area contributed by atoms with Gasteiger partial charge in [-0.05, 0) is 29.8 Å². The lowest BCUT2D eigenvalue weighted by molar-refractivity contribution is -0.121. The van der Waals surface area contributed by atoms with E-state index in [0.29, 0.717) is 28.2 Å². The van der Waals surface area contributed by atoms with Crippen molar-refractivity contribution in [2.75, 3.05) is 21.3 Å². The van der Waals surface area contributed by atoms with Gasteiger partial charge >= 0.3 is 0 Å². The molecule has 0 spiro atoms. The first-order valence-electron chi connectivity index (χ1n) is 8.41. The normalized spacial score (nSPS) is 14.0. The largest absolute Gasteiger partial charge is 0.493 e. The SMILES string of the molecule is CNC(=O)CC(c1ccc(OC)c(OC)c1)N1C(=O)c2ccccc2C1=O. The summed E-state index contributed by atoms with van der Waals surface area (Å²) >= 11 is 0. The number of nitrogens with zero attached hydrogens (tertiary/aromatic N) is 1. The molecule has 3 rings (SSSR count). The van der Waals surface area contributed by atoms with Crippen molar-refractivity contribution >= 4 is 17.7 Å². The lowest BCUT2D eigenvalue weighted by Crippen LogP contribution is -2.37. The van der Waals surface area contributed by atoms with Crippen LogP contribution in [0.4, 0.5) is 0 Å². The minimum absolute atomic E-state index is 0.0581. The van der Waals surface area contributed by atoms with Gasteiger partial charge in [0.1, 0.15) is 0 Å². The smallest absolute Gasteiger partial charge is 0.262 e. The number of hydrogen-bond acceptors (Lipinski definition) is 5. The van der Waals surface area contributed by atoms with E-state index in [1.165, 1.54) is 21.3 Å². The van der Waals surface area contributed by atoms with Crippen molar-refractivity contribution in [3.63, 3.8) is 0 Å². The third-order valence-corrected chi connectivity index (χ3v) is 4.59. The number of methoxy groups -OCH3 is 2. The first kappa shape index (κ1) is 18.4. The maximum Gasteiger partial charge on any atom is 0.262 e. The molecule has 7 nitrogen and oxygen atoms in total. The van der Waals surface area contributed by atoms with E-state index in [-0.39, 0.29) is 12.3 Å². The Morgan fingerprint density at radius 1 is 1.00 bits per heavy atom. The van der Waals surface area contributed by atoms with Gasteiger partial charge in [0, 0.05) is 7.05 Å². The Morgan fingerprint density at radius 3 is 2.11 bits per heavy atom. The summed E-state index contributed by atoms with van der Waals surface area (Å²) in [5.41, 5.74) is 1.28. The Labute approximate surface area is 156 Å². The molecule has 1 atom stereocenters. The second kappa shape index (κ2) is 7.49. The molecule has 0 aromatic heterocycles. The molecule has 0 fully saturated rings. The second-order valence-electron chi connectivity index (χ2n) is 6.03. The van der Waals surface area contributed by atoms with Crippen molar-refractivity contribution in [2.24, 2.45) is 0 Å². The predicted molar refractivity (Wildman–Crippen MR) is 97.9 cm³/mol. The molecular weight excluding hydrogens is 348 g/mol. The van der Waals surface area contributed by atoms with E-state index in [4.69, 9.17) is 9.47 Å². The minimum Gasteiger partial charge on any atom is -0.493 e. The van der Waals surface area contributed by atoms with Crippen LogP contribution in [-0.4, -0.2) is 43.9 Å². The Morgan fingerprint density at radius 2 is 1.59 bits per heavy atom. The summed E-state index contributed by atoms with van der Waals surface area (Å²) in [5.74, 6) is -0.152. The number of fused-ring (bicyclic) bond motifs is 1. The van der Waals surface area contributed by atoms with Crippen LogP contribution in [0.1, 0.15) is 38.7 Å². The summed E-state index contributed by atoms with van der Waals surface area (Å²) in [6.45, 7) is 0. The second-order valence-corrected chi connectivity index (χ2v) is 6.03. The summed E-state index contributed by atoms with van der Waals surface area (Å²) < 4.78 is 10.6. The molecule has 1 N–H and O–H groups in total. The van der Waals surface area contributed by atoms with E-state index >= 15 is 0 Å². The average molecular weight is 368 g/mol. The Balaban J connectivity index is 2.07. The predicted octanol–water partition coefficient (Wildman–Crippen LogP) is 2.18. The highest BCUT2D eigenvalue weighted by Crippen LogP contribution is 2.37. The van der Waals surface area contributed by atoms with Gasteiger partial charge in [0.15, 0.2) is 11.5 Å². The third-order valence-electron chi connectivity index (χ3n) is 4.59. The van der Waals surface area contributed by atoms with Gasteiger partial charge in [-0.3, -0.25) is 19.3 Å². The average Bonchev–Trinajstić information content (AvgIpc) is 2.96. The molecule has 0 radical (unpaired) electrons. The standard InChI is InChI=1S/C20H20N2O5/c1-21-18(23)11-15(12-8-9-16(26-2)17(10-12)27-3)22-19(24)13-6-4-5-7-14(13)20(22)25/h4-10,15H,11H2,1-3H3,(H,21,23). The molecule has 140 valence electrons. The van der Waals surface area contributed by atoms with E-state index in [1.807, 2.05) is 0 Å². The number of imide groups is 1. The van der Waals surface area contributed by atoms with Crippen LogP contribution in [0.5, 0.6) is 11.5 Å². The summed E-state index contributed by atoms with van der Waals surface area (Å²) in [6.07, 6.45) is -0.0581. The highest BCUT2D eigenvalue weighted by atomic mass is 16.5. The van der Waals surface area contributed by atoms with E-state index in [2.05, 4.69) is 5.32 Å². The van der Waals surface area contributed by atoms with Crippen molar-refractivity contribution in [3.8, 4) is 11.5 Å². The van der Waals surface area contributed by atoms with Crippen LogP contribution in [0.3, 0.4) is 0 Å². The molecule has 0 saturated carbocycles. The molecule has 2 aromatic carbocycles. The highest BCUT2D eigenvalue weighted by molar-refractivity contribution is 6.21. The first-order valence-corrected chi connectivity index (χ1v) is 8.41. The molecule has 0 saturated heterocycles. The molecule has 1 aliphatic rings. The maximum atomic E-state index is 12.9. The van der Waals surface area contributed by atoms with Gasteiger partial charge in [-0.15, -0.1) is 0 Å². The number of carbonyl (C=O) groups is 3. The van der Waals surface area contributed by atoms with E-state index in [1.54, 1.807) is 42.5 Å². The van der Waals surface area contributed by atoms with Gasteiger partial charge in [-0.2, -0.15) is 0 Å². The van der Waals surface area contributed by atoms with Crippen LogP contribution in [0.25, 0.3) is 0 Å². The number of ether oxygens (including phenoxy) is 2. The topological polar surface area (TPSA) is 84.9 Å². The molecule has 0 aliphatic carbocycles. The number of amides is 3. The lowest BCUT2D eigenvalue weighted by Gasteiger charge is -2.26. The van der Waals surface area contributed by atoms with Gasteiger partial charge < -0.3 is 14.8 Å². The van der Waals surface area contributed by atoms with Crippen LogP contribution in [0.15, 0.2) is 42.5 Å². The van der Waals surface area contributed by atoms with E-state index in [9.17, 15) is 14.4 Å². The number of carbonyl (C=O) groups excluding carboxylic acids is 3. The summed E-state index contributed by atoms with van der Waals surface area (Å²) in [4.78, 5) is 39.0. The summed E-state index contributed by atoms with van der Waals surface area (Å²) in [7, 11) is 4.53. The van der Waals surface area contributed by atoms with Gasteiger partial charge in [0.05, 0.1) is 37.8 Å². The zero-order valence-corrected chi connectivity index (χ0v) is 15.3. The van der Waals surface area contributed by atoms with Gasteiger partial charge in [0.25, 0.3) is 11.8 Å². The number of hydrogen-bond donors (Lipinski definition) is 1. The van der Waals surface area contributed by atoms with Crippen LogP contribution in [0.2, 0.25) is 0 Å². The molecular formula is C20H20N2O5. The van der Waals surface area contributed by atoms with E-state index < -0.39 is 17.9 Å². The Hall–Kier alpha value is -3.35. The van der Waals surface area contributed by atoms with Gasteiger partial charge in [0.2, 0.25) is 5.91 Å². The third kappa shape index (κ3) is 3.23. The Bertz CT molecular complexity index is 874. The highest BCUT2D eigenvalue weighted by Gasteiger charge is 2.41. The van der Waals surface area contributed by atoms with Crippen LogP contribution >= 0.6 is 0 Å².